The summed E-state index contributed by atoms with van der Waals surface area (Å²) in [7, 11) is 1.82. The van der Waals surface area contributed by atoms with Crippen molar-refractivity contribution in [2.75, 3.05) is 46.3 Å². The highest BCUT2D eigenvalue weighted by molar-refractivity contribution is 14.0. The molecule has 29 heavy (non-hydrogen) atoms. The average Bonchev–Trinajstić information content (AvgIpc) is 2.67. The molecular formula is C20H33FIN5O2. The van der Waals surface area contributed by atoms with Gasteiger partial charge in [-0.2, -0.15) is 0 Å². The minimum Gasteiger partial charge on any atom is -0.357 e. The van der Waals surface area contributed by atoms with Gasteiger partial charge in [-0.25, -0.2) is 4.39 Å². The average molecular weight is 521 g/mol. The first-order valence-corrected chi connectivity index (χ1v) is 9.69. The minimum absolute atomic E-state index is 0. The van der Waals surface area contributed by atoms with E-state index < -0.39 is 0 Å². The number of nitrogens with one attached hydrogen (secondary N) is 2. The molecule has 0 atom stereocenters. The summed E-state index contributed by atoms with van der Waals surface area (Å²) in [6.45, 7) is 8.91. The Hall–Kier alpha value is -1.91. The van der Waals surface area contributed by atoms with Crippen molar-refractivity contribution in [2.45, 2.75) is 27.2 Å². The maximum Gasteiger partial charge on any atom is 0.242 e. The molecule has 0 aliphatic heterocycles. The van der Waals surface area contributed by atoms with Gasteiger partial charge >= 0.3 is 0 Å². The van der Waals surface area contributed by atoms with Crippen LogP contribution in [0.3, 0.4) is 0 Å². The second-order valence-corrected chi connectivity index (χ2v) is 6.31. The predicted molar refractivity (Wildman–Crippen MR) is 125 cm³/mol. The van der Waals surface area contributed by atoms with E-state index in [-0.39, 0.29) is 54.6 Å². The Bertz CT molecular complexity index is 651. The first kappa shape index (κ1) is 27.1. The highest BCUT2D eigenvalue weighted by Gasteiger charge is 2.14. The summed E-state index contributed by atoms with van der Waals surface area (Å²) in [6.07, 6.45) is 0.197. The molecule has 0 unspecified atom stereocenters. The number of aliphatic imine (C=N–C) groups is 1. The van der Waals surface area contributed by atoms with Crippen molar-refractivity contribution in [3.63, 3.8) is 0 Å². The lowest BCUT2D eigenvalue weighted by molar-refractivity contribution is -0.131. The summed E-state index contributed by atoms with van der Waals surface area (Å²) in [4.78, 5) is 32.2. The molecule has 0 spiro atoms. The summed E-state index contributed by atoms with van der Waals surface area (Å²) >= 11 is 0. The zero-order valence-corrected chi connectivity index (χ0v) is 20.0. The SMILES string of the molecule is CCNC(=NCCNC(=O)Cc1ccc(F)cc1)N(C)CC(=O)N(CC)CC.I. The molecule has 0 radical (unpaired) electrons. The number of halogens is 2. The van der Waals surface area contributed by atoms with Crippen LogP contribution in [0.4, 0.5) is 4.39 Å². The van der Waals surface area contributed by atoms with E-state index in [2.05, 4.69) is 15.6 Å². The van der Waals surface area contributed by atoms with Gasteiger partial charge in [0.25, 0.3) is 0 Å². The van der Waals surface area contributed by atoms with E-state index in [1.165, 1.54) is 12.1 Å². The number of hydrogen-bond donors (Lipinski definition) is 2. The summed E-state index contributed by atoms with van der Waals surface area (Å²) in [6, 6.07) is 5.87. The highest BCUT2D eigenvalue weighted by Crippen LogP contribution is 2.03. The minimum atomic E-state index is -0.321. The Balaban J connectivity index is 0.00000784. The van der Waals surface area contributed by atoms with Crippen LogP contribution in [0.25, 0.3) is 0 Å². The van der Waals surface area contributed by atoms with Gasteiger partial charge in [0.2, 0.25) is 11.8 Å². The topological polar surface area (TPSA) is 77.0 Å². The van der Waals surface area contributed by atoms with Crippen LogP contribution in [0.5, 0.6) is 0 Å². The molecule has 164 valence electrons. The van der Waals surface area contributed by atoms with Crippen molar-refractivity contribution in [1.82, 2.24) is 20.4 Å². The van der Waals surface area contributed by atoms with Gasteiger partial charge in [0.15, 0.2) is 5.96 Å². The largest absolute Gasteiger partial charge is 0.357 e. The van der Waals surface area contributed by atoms with Crippen LogP contribution in [0, 0.1) is 5.82 Å². The third kappa shape index (κ3) is 10.4. The molecular weight excluding hydrogens is 488 g/mol. The Kier molecular flexibility index (Phi) is 14.0. The van der Waals surface area contributed by atoms with Crippen molar-refractivity contribution < 1.29 is 14.0 Å². The smallest absolute Gasteiger partial charge is 0.242 e. The number of amides is 2. The fourth-order valence-electron chi connectivity index (χ4n) is 2.63. The van der Waals surface area contributed by atoms with Gasteiger partial charge in [-0.05, 0) is 38.5 Å². The van der Waals surface area contributed by atoms with Crippen LogP contribution >= 0.6 is 24.0 Å². The van der Waals surface area contributed by atoms with Gasteiger partial charge in [0, 0.05) is 33.2 Å². The molecule has 0 aromatic heterocycles. The number of benzene rings is 1. The van der Waals surface area contributed by atoms with E-state index in [9.17, 15) is 14.0 Å². The summed E-state index contributed by atoms with van der Waals surface area (Å²) in [5.41, 5.74) is 0.755. The molecule has 0 saturated carbocycles. The number of likely N-dealkylation sites (N-methyl/N-ethyl adjacent to an activating group) is 2. The number of rotatable bonds is 10. The van der Waals surface area contributed by atoms with Crippen LogP contribution in [-0.4, -0.2) is 73.9 Å². The normalized spacial score (nSPS) is 10.7. The number of hydrogen-bond acceptors (Lipinski definition) is 3. The fraction of sp³-hybridized carbons (Fsp3) is 0.550. The van der Waals surface area contributed by atoms with Gasteiger partial charge in [-0.15, -0.1) is 24.0 Å². The number of guanidine groups is 1. The molecule has 2 N–H and O–H groups in total. The Morgan fingerprint density at radius 1 is 1.07 bits per heavy atom. The molecule has 1 aromatic carbocycles. The van der Waals surface area contributed by atoms with E-state index in [4.69, 9.17) is 0 Å². The zero-order valence-electron chi connectivity index (χ0n) is 17.7. The van der Waals surface area contributed by atoms with E-state index >= 15 is 0 Å². The molecule has 0 fully saturated rings. The van der Waals surface area contributed by atoms with Crippen molar-refractivity contribution in [3.05, 3.63) is 35.6 Å². The lowest BCUT2D eigenvalue weighted by Gasteiger charge is -2.25. The molecule has 9 heteroatoms. The summed E-state index contributed by atoms with van der Waals surface area (Å²) in [5.74, 6) is 0.205. The van der Waals surface area contributed by atoms with Crippen LogP contribution < -0.4 is 10.6 Å². The molecule has 0 saturated heterocycles. The standard InChI is InChI=1S/C20H32FN5O2.HI/c1-5-22-20(25(4)15-19(28)26(6-2)7-3)24-13-12-23-18(27)14-16-8-10-17(21)11-9-16;/h8-11H,5-7,12-15H2,1-4H3,(H,22,24)(H,23,27);1H. The van der Waals surface area contributed by atoms with E-state index in [1.807, 2.05) is 27.8 Å². The number of carbonyl (C=O) groups is 2. The molecule has 1 rings (SSSR count). The molecule has 0 bridgehead atoms. The predicted octanol–water partition coefficient (Wildman–Crippen LogP) is 1.87. The summed E-state index contributed by atoms with van der Waals surface area (Å²) in [5, 5.41) is 5.95. The lowest BCUT2D eigenvalue weighted by atomic mass is 10.1. The first-order chi connectivity index (χ1) is 13.4. The van der Waals surface area contributed by atoms with Crippen LogP contribution in [0.1, 0.15) is 26.3 Å². The lowest BCUT2D eigenvalue weighted by Crippen LogP contribution is -2.46. The number of nitrogens with zero attached hydrogens (tertiary/aromatic N) is 3. The van der Waals surface area contributed by atoms with Crippen LogP contribution in [0.15, 0.2) is 29.3 Å². The molecule has 0 aliphatic rings. The molecule has 1 aromatic rings. The van der Waals surface area contributed by atoms with Gasteiger partial charge in [0.1, 0.15) is 5.82 Å². The maximum atomic E-state index is 12.9. The van der Waals surface area contributed by atoms with E-state index in [0.717, 1.165) is 5.56 Å². The molecule has 7 nitrogen and oxygen atoms in total. The fourth-order valence-corrected chi connectivity index (χ4v) is 2.63. The van der Waals surface area contributed by atoms with Crippen LogP contribution in [-0.2, 0) is 16.0 Å². The van der Waals surface area contributed by atoms with E-state index in [0.29, 0.717) is 38.7 Å². The third-order valence-corrected chi connectivity index (χ3v) is 4.16. The Morgan fingerprint density at radius 2 is 1.69 bits per heavy atom. The maximum absolute atomic E-state index is 12.9. The van der Waals surface area contributed by atoms with Crippen molar-refractivity contribution in [3.8, 4) is 0 Å². The molecule has 0 aliphatic carbocycles. The van der Waals surface area contributed by atoms with Gasteiger partial charge < -0.3 is 20.4 Å². The van der Waals surface area contributed by atoms with Crippen molar-refractivity contribution >= 4 is 41.8 Å². The van der Waals surface area contributed by atoms with Crippen molar-refractivity contribution in [2.24, 2.45) is 4.99 Å². The zero-order chi connectivity index (χ0) is 20.9. The van der Waals surface area contributed by atoms with Crippen LogP contribution in [0.2, 0.25) is 0 Å². The Morgan fingerprint density at radius 3 is 2.24 bits per heavy atom. The highest BCUT2D eigenvalue weighted by atomic mass is 127. The quantitative estimate of drug-likeness (QED) is 0.213. The second-order valence-electron chi connectivity index (χ2n) is 6.31. The molecule has 0 heterocycles. The van der Waals surface area contributed by atoms with Gasteiger partial charge in [-0.3, -0.25) is 14.6 Å². The summed E-state index contributed by atoms with van der Waals surface area (Å²) < 4.78 is 12.9. The monoisotopic (exact) mass is 521 g/mol. The van der Waals surface area contributed by atoms with Gasteiger partial charge in [-0.1, -0.05) is 12.1 Å². The van der Waals surface area contributed by atoms with Crippen molar-refractivity contribution in [1.29, 1.82) is 0 Å². The number of carbonyl (C=O) groups excluding carboxylic acids is 2. The van der Waals surface area contributed by atoms with E-state index in [1.54, 1.807) is 21.9 Å². The molecule has 2 amide bonds. The second kappa shape index (κ2) is 15.0. The Labute approximate surface area is 190 Å². The first-order valence-electron chi connectivity index (χ1n) is 9.69. The third-order valence-electron chi connectivity index (χ3n) is 4.16. The van der Waals surface area contributed by atoms with Gasteiger partial charge in [0.05, 0.1) is 19.5 Å².